The summed E-state index contributed by atoms with van der Waals surface area (Å²) in [6.07, 6.45) is 0.562. The van der Waals surface area contributed by atoms with E-state index < -0.39 is 0 Å². The third-order valence-corrected chi connectivity index (χ3v) is 3.29. The average molecular weight is 249 g/mol. The van der Waals surface area contributed by atoms with Crippen LogP contribution in [0.2, 0.25) is 0 Å². The summed E-state index contributed by atoms with van der Waals surface area (Å²) >= 11 is 0. The van der Waals surface area contributed by atoms with Crippen LogP contribution in [0.5, 0.6) is 0 Å². The largest absolute Gasteiger partial charge is 0.465 e. The Morgan fingerprint density at radius 2 is 2.11 bits per heavy atom. The van der Waals surface area contributed by atoms with Gasteiger partial charge in [0.15, 0.2) is 6.04 Å². The number of carbonyl (C=O) groups is 2. The maximum atomic E-state index is 11.8. The van der Waals surface area contributed by atoms with Crippen molar-refractivity contribution in [3.8, 4) is 0 Å². The Balaban J connectivity index is 2.08. The molecule has 5 nitrogen and oxygen atoms in total. The third kappa shape index (κ3) is 2.68. The molecular formula is C13H17N2O3+. The van der Waals surface area contributed by atoms with E-state index in [4.69, 9.17) is 10.5 Å². The summed E-state index contributed by atoms with van der Waals surface area (Å²) < 4.78 is 4.80. The summed E-state index contributed by atoms with van der Waals surface area (Å²) in [6.45, 7) is 0.613. The lowest BCUT2D eigenvalue weighted by Crippen LogP contribution is -3.02. The van der Waals surface area contributed by atoms with Crippen molar-refractivity contribution in [2.24, 2.45) is 5.73 Å². The van der Waals surface area contributed by atoms with E-state index >= 15 is 0 Å². The Morgan fingerprint density at radius 3 is 2.61 bits per heavy atom. The summed E-state index contributed by atoms with van der Waals surface area (Å²) in [7, 11) is 1.36. The SMILES string of the molecule is COC(=O)[C@H](Cc1ccccc1)[NH+]1C[C@@H]1C(N)=O. The number of ether oxygens (including phenoxy) is 1. The number of rotatable bonds is 5. The van der Waals surface area contributed by atoms with Crippen molar-refractivity contribution in [3.05, 3.63) is 35.9 Å². The number of nitrogens with one attached hydrogen (secondary N) is 1. The van der Waals surface area contributed by atoms with Gasteiger partial charge in [-0.25, -0.2) is 4.79 Å². The van der Waals surface area contributed by atoms with Gasteiger partial charge in [-0.05, 0) is 5.56 Å². The third-order valence-electron chi connectivity index (χ3n) is 3.29. The molecule has 1 aromatic carbocycles. The van der Waals surface area contributed by atoms with Gasteiger partial charge >= 0.3 is 5.97 Å². The first-order valence-electron chi connectivity index (χ1n) is 5.90. The fraction of sp³-hybridized carbons (Fsp3) is 0.385. The van der Waals surface area contributed by atoms with Crippen LogP contribution in [0.25, 0.3) is 0 Å². The van der Waals surface area contributed by atoms with Gasteiger partial charge in [-0.15, -0.1) is 0 Å². The van der Waals surface area contributed by atoms with E-state index in [2.05, 4.69) is 0 Å². The molecule has 0 radical (unpaired) electrons. The molecule has 0 aliphatic carbocycles. The van der Waals surface area contributed by atoms with Crippen molar-refractivity contribution >= 4 is 11.9 Å². The van der Waals surface area contributed by atoms with Crippen LogP contribution in [0.1, 0.15) is 5.56 Å². The zero-order valence-electron chi connectivity index (χ0n) is 10.3. The molecule has 18 heavy (non-hydrogen) atoms. The Bertz CT molecular complexity index is 447. The highest BCUT2D eigenvalue weighted by molar-refractivity contribution is 5.81. The molecule has 96 valence electrons. The van der Waals surface area contributed by atoms with Crippen LogP contribution >= 0.6 is 0 Å². The van der Waals surface area contributed by atoms with Gasteiger partial charge in [-0.3, -0.25) is 4.79 Å². The Morgan fingerprint density at radius 1 is 1.44 bits per heavy atom. The van der Waals surface area contributed by atoms with Crippen LogP contribution in [0, 0.1) is 0 Å². The number of carbonyl (C=O) groups excluding carboxylic acids is 2. The quantitative estimate of drug-likeness (QED) is 0.494. The first kappa shape index (κ1) is 12.6. The molecule has 1 unspecified atom stereocenters. The molecule has 1 aliphatic rings. The topological polar surface area (TPSA) is 73.8 Å². The molecule has 3 N–H and O–H groups in total. The highest BCUT2D eigenvalue weighted by Crippen LogP contribution is 2.05. The fourth-order valence-corrected chi connectivity index (χ4v) is 2.20. The van der Waals surface area contributed by atoms with Gasteiger partial charge in [0, 0.05) is 6.42 Å². The van der Waals surface area contributed by atoms with Gasteiger partial charge in [-0.1, -0.05) is 30.3 Å². The highest BCUT2D eigenvalue weighted by Gasteiger charge is 2.52. The molecule has 1 aliphatic heterocycles. The van der Waals surface area contributed by atoms with E-state index in [0.29, 0.717) is 13.0 Å². The molecule has 0 aromatic heterocycles. The maximum Gasteiger partial charge on any atom is 0.365 e. The number of amides is 1. The minimum Gasteiger partial charge on any atom is -0.465 e. The number of esters is 1. The number of hydrogen-bond acceptors (Lipinski definition) is 3. The molecule has 1 fully saturated rings. The van der Waals surface area contributed by atoms with Gasteiger partial charge in [0.1, 0.15) is 6.54 Å². The molecule has 5 heteroatoms. The molecular weight excluding hydrogens is 232 g/mol. The standard InChI is InChI=1S/C13H16N2O3/c1-18-13(17)10(15-8-11(15)12(14)16)7-9-5-3-2-4-6-9/h2-6,10-11H,7-8H2,1H3,(H2,14,16)/p+1/t10-,11+,15?/m0/s1. The second-order valence-corrected chi connectivity index (χ2v) is 4.50. The van der Waals surface area contributed by atoms with Gasteiger partial charge in [0.05, 0.1) is 7.11 Å². The van der Waals surface area contributed by atoms with E-state index in [0.717, 1.165) is 10.5 Å². The predicted molar refractivity (Wildman–Crippen MR) is 64.8 cm³/mol. The van der Waals surface area contributed by atoms with E-state index in [1.165, 1.54) is 7.11 Å². The Hall–Kier alpha value is -1.88. The zero-order chi connectivity index (χ0) is 13.1. The van der Waals surface area contributed by atoms with Gasteiger partial charge in [0.2, 0.25) is 6.04 Å². The summed E-state index contributed by atoms with van der Waals surface area (Å²) in [5, 5.41) is 0. The number of nitrogens with two attached hydrogens (primary N) is 1. The maximum absolute atomic E-state index is 11.8. The molecule has 0 bridgehead atoms. The molecule has 1 saturated heterocycles. The second-order valence-electron chi connectivity index (χ2n) is 4.50. The van der Waals surface area contributed by atoms with Gasteiger partial charge in [-0.2, -0.15) is 0 Å². The number of hydrogen-bond donors (Lipinski definition) is 2. The van der Waals surface area contributed by atoms with Crippen molar-refractivity contribution in [2.45, 2.75) is 18.5 Å². The molecule has 3 atom stereocenters. The van der Waals surface area contributed by atoms with Crippen molar-refractivity contribution in [3.63, 3.8) is 0 Å². The van der Waals surface area contributed by atoms with Crippen molar-refractivity contribution in [1.29, 1.82) is 0 Å². The summed E-state index contributed by atoms with van der Waals surface area (Å²) in [4.78, 5) is 23.8. The number of methoxy groups -OCH3 is 1. The first-order chi connectivity index (χ1) is 8.63. The Labute approximate surface area is 106 Å². The molecule has 1 amide bonds. The fourth-order valence-electron chi connectivity index (χ4n) is 2.20. The van der Waals surface area contributed by atoms with Crippen molar-refractivity contribution in [1.82, 2.24) is 0 Å². The zero-order valence-corrected chi connectivity index (χ0v) is 10.3. The van der Waals surface area contributed by atoms with Crippen LogP contribution in [0.4, 0.5) is 0 Å². The van der Waals surface area contributed by atoms with Crippen LogP contribution in [-0.2, 0) is 20.7 Å². The molecule has 0 saturated carbocycles. The lowest BCUT2D eigenvalue weighted by Gasteiger charge is -2.13. The number of benzene rings is 1. The van der Waals surface area contributed by atoms with Gasteiger partial charge < -0.3 is 15.4 Å². The van der Waals surface area contributed by atoms with Crippen molar-refractivity contribution in [2.75, 3.05) is 13.7 Å². The van der Waals surface area contributed by atoms with E-state index in [9.17, 15) is 9.59 Å². The first-order valence-corrected chi connectivity index (χ1v) is 5.90. The van der Waals surface area contributed by atoms with Crippen LogP contribution in [0.3, 0.4) is 0 Å². The smallest absolute Gasteiger partial charge is 0.365 e. The normalized spacial score (nSPS) is 23.2. The Kier molecular flexibility index (Phi) is 3.62. The van der Waals surface area contributed by atoms with Crippen LogP contribution < -0.4 is 10.6 Å². The lowest BCUT2D eigenvalue weighted by molar-refractivity contribution is -0.789. The molecule has 1 heterocycles. The van der Waals surface area contributed by atoms with Crippen molar-refractivity contribution < 1.29 is 19.2 Å². The molecule has 0 spiro atoms. The van der Waals surface area contributed by atoms with E-state index in [1.54, 1.807) is 0 Å². The summed E-state index contributed by atoms with van der Waals surface area (Å²) in [6, 6.07) is 9.08. The minimum absolute atomic E-state index is 0.252. The van der Waals surface area contributed by atoms with E-state index in [1.807, 2.05) is 30.3 Å². The van der Waals surface area contributed by atoms with Crippen LogP contribution in [-0.4, -0.2) is 37.6 Å². The molecule has 2 rings (SSSR count). The summed E-state index contributed by atoms with van der Waals surface area (Å²) in [5.74, 6) is -0.649. The minimum atomic E-state index is -0.355. The summed E-state index contributed by atoms with van der Waals surface area (Å²) in [5.41, 5.74) is 6.30. The monoisotopic (exact) mass is 249 g/mol. The van der Waals surface area contributed by atoms with Gasteiger partial charge in [0.25, 0.3) is 5.91 Å². The highest BCUT2D eigenvalue weighted by atomic mass is 16.5. The second kappa shape index (κ2) is 5.18. The predicted octanol–water partition coefficient (Wildman–Crippen LogP) is -1.48. The van der Waals surface area contributed by atoms with E-state index in [-0.39, 0.29) is 24.0 Å². The number of primary amides is 1. The van der Waals surface area contributed by atoms with Crippen LogP contribution in [0.15, 0.2) is 30.3 Å². The average Bonchev–Trinajstić information content (AvgIpc) is 3.16. The number of quaternary nitrogens is 1. The lowest BCUT2D eigenvalue weighted by atomic mass is 10.1. The molecule has 1 aromatic rings.